The summed E-state index contributed by atoms with van der Waals surface area (Å²) in [5, 5.41) is 3.76. The van der Waals surface area contributed by atoms with Gasteiger partial charge in [-0.2, -0.15) is 0 Å². The Hall–Kier alpha value is -4.38. The molecular formula is C33H30N4O. The molecule has 188 valence electrons. The van der Waals surface area contributed by atoms with Crippen LogP contribution in [-0.4, -0.2) is 22.0 Å². The van der Waals surface area contributed by atoms with Gasteiger partial charge >= 0.3 is 0 Å². The van der Waals surface area contributed by atoms with Crippen LogP contribution in [0, 0.1) is 27.7 Å². The van der Waals surface area contributed by atoms with Crippen molar-refractivity contribution in [3.8, 4) is 11.4 Å². The number of hydrogen-bond acceptors (Lipinski definition) is 3. The van der Waals surface area contributed by atoms with Gasteiger partial charge < -0.3 is 10.2 Å². The molecule has 1 spiro atoms. The molecule has 1 amide bonds. The number of aromatic nitrogens is 2. The Morgan fingerprint density at radius 3 is 2.39 bits per heavy atom. The molecule has 5 aromatic rings. The third kappa shape index (κ3) is 3.05. The average Bonchev–Trinajstić information content (AvgIpc) is 3.38. The topological polar surface area (TPSA) is 50.2 Å². The zero-order chi connectivity index (χ0) is 26.2. The first kappa shape index (κ1) is 22.8. The SMILES string of the molecule is Cc1cc(C)c2c(c1)C1(Nc3ccccc3-c3nc4cc(C)c(C)cc4n31)C(=O)N2CCc1ccccc1. The van der Waals surface area contributed by atoms with Crippen molar-refractivity contribution in [2.75, 3.05) is 16.8 Å². The minimum atomic E-state index is -1.12. The molecule has 0 fully saturated rings. The highest BCUT2D eigenvalue weighted by Crippen LogP contribution is 2.52. The first-order valence-corrected chi connectivity index (χ1v) is 13.2. The number of benzene rings is 4. The second kappa shape index (κ2) is 8.06. The Kier molecular flexibility index (Phi) is 4.83. The van der Waals surface area contributed by atoms with Gasteiger partial charge in [0.15, 0.2) is 0 Å². The molecule has 0 saturated heterocycles. The van der Waals surface area contributed by atoms with Gasteiger partial charge in [0.05, 0.1) is 16.7 Å². The van der Waals surface area contributed by atoms with Crippen LogP contribution < -0.4 is 10.2 Å². The highest BCUT2D eigenvalue weighted by atomic mass is 16.2. The van der Waals surface area contributed by atoms with E-state index in [0.717, 1.165) is 56.9 Å². The van der Waals surface area contributed by atoms with E-state index in [4.69, 9.17) is 4.98 Å². The number of nitrogens with one attached hydrogen (secondary N) is 1. The van der Waals surface area contributed by atoms with Gasteiger partial charge in [-0.1, -0.05) is 54.1 Å². The molecule has 1 unspecified atom stereocenters. The highest BCUT2D eigenvalue weighted by Gasteiger charge is 2.56. The molecule has 0 saturated carbocycles. The Balaban J connectivity index is 1.52. The number of rotatable bonds is 3. The van der Waals surface area contributed by atoms with Crippen LogP contribution >= 0.6 is 0 Å². The van der Waals surface area contributed by atoms with Crippen LogP contribution in [0.25, 0.3) is 22.4 Å². The second-order valence-corrected chi connectivity index (χ2v) is 10.7. The summed E-state index contributed by atoms with van der Waals surface area (Å²) >= 11 is 0. The molecule has 1 atom stereocenters. The minimum absolute atomic E-state index is 0.0328. The molecule has 0 radical (unpaired) electrons. The lowest BCUT2D eigenvalue weighted by Gasteiger charge is -2.38. The number of aryl methyl sites for hydroxylation is 4. The fourth-order valence-electron chi connectivity index (χ4n) is 6.33. The smallest absolute Gasteiger partial charge is 0.279 e. The number of carbonyl (C=O) groups is 1. The molecule has 7 rings (SSSR count). The molecule has 5 heteroatoms. The van der Waals surface area contributed by atoms with Crippen LogP contribution in [0.2, 0.25) is 0 Å². The molecule has 2 aliphatic rings. The Bertz CT molecular complexity index is 1770. The van der Waals surface area contributed by atoms with E-state index in [-0.39, 0.29) is 5.91 Å². The van der Waals surface area contributed by atoms with E-state index in [0.29, 0.717) is 6.54 Å². The number of para-hydroxylation sites is 1. The third-order valence-electron chi connectivity index (χ3n) is 8.22. The summed E-state index contributed by atoms with van der Waals surface area (Å²) in [5.41, 5.74) is 10.5. The normalized spacial score (nSPS) is 17.5. The van der Waals surface area contributed by atoms with Gasteiger partial charge in [0.25, 0.3) is 5.91 Å². The summed E-state index contributed by atoms with van der Waals surface area (Å²) in [7, 11) is 0. The van der Waals surface area contributed by atoms with Crippen molar-refractivity contribution in [1.82, 2.24) is 9.55 Å². The Labute approximate surface area is 222 Å². The predicted molar refractivity (Wildman–Crippen MR) is 154 cm³/mol. The maximum atomic E-state index is 14.9. The molecule has 1 aromatic heterocycles. The molecule has 1 N–H and O–H groups in total. The number of anilines is 2. The quantitative estimate of drug-likeness (QED) is 0.303. The van der Waals surface area contributed by atoms with Crippen molar-refractivity contribution in [1.29, 1.82) is 0 Å². The molecule has 38 heavy (non-hydrogen) atoms. The summed E-state index contributed by atoms with van der Waals surface area (Å²) in [6, 6.07) is 27.3. The molecular weight excluding hydrogens is 468 g/mol. The zero-order valence-electron chi connectivity index (χ0n) is 22.2. The summed E-state index contributed by atoms with van der Waals surface area (Å²) in [4.78, 5) is 22.0. The van der Waals surface area contributed by atoms with Gasteiger partial charge in [-0.25, -0.2) is 4.98 Å². The summed E-state index contributed by atoms with van der Waals surface area (Å²) in [6.07, 6.45) is 0.780. The molecule has 0 aliphatic carbocycles. The molecule has 3 heterocycles. The fourth-order valence-corrected chi connectivity index (χ4v) is 6.33. The van der Waals surface area contributed by atoms with Crippen molar-refractivity contribution in [2.24, 2.45) is 0 Å². The van der Waals surface area contributed by atoms with Gasteiger partial charge in [0.2, 0.25) is 5.66 Å². The lowest BCUT2D eigenvalue weighted by molar-refractivity contribution is -0.123. The average molecular weight is 499 g/mol. The van der Waals surface area contributed by atoms with Crippen LogP contribution in [0.5, 0.6) is 0 Å². The summed E-state index contributed by atoms with van der Waals surface area (Å²) < 4.78 is 2.17. The molecule has 2 aliphatic heterocycles. The van der Waals surface area contributed by atoms with Crippen LogP contribution in [0.15, 0.2) is 78.9 Å². The highest BCUT2D eigenvalue weighted by molar-refractivity contribution is 6.12. The van der Waals surface area contributed by atoms with E-state index in [9.17, 15) is 4.79 Å². The largest absolute Gasteiger partial charge is 0.350 e. The number of fused-ring (bicyclic) bond motifs is 8. The number of carbonyl (C=O) groups excluding carboxylic acids is 1. The molecule has 4 aromatic carbocycles. The maximum absolute atomic E-state index is 14.9. The molecule has 0 bridgehead atoms. The fraction of sp³-hybridized carbons (Fsp3) is 0.212. The van der Waals surface area contributed by atoms with Crippen LogP contribution in [0.1, 0.15) is 33.4 Å². The van der Waals surface area contributed by atoms with Gasteiger partial charge in [0, 0.05) is 23.4 Å². The van der Waals surface area contributed by atoms with Crippen molar-refractivity contribution in [2.45, 2.75) is 39.8 Å². The van der Waals surface area contributed by atoms with Gasteiger partial charge in [-0.05, 0) is 86.7 Å². The Morgan fingerprint density at radius 1 is 0.842 bits per heavy atom. The second-order valence-electron chi connectivity index (χ2n) is 10.7. The molecule has 5 nitrogen and oxygen atoms in total. The Morgan fingerprint density at radius 2 is 1.58 bits per heavy atom. The summed E-state index contributed by atoms with van der Waals surface area (Å²) in [6.45, 7) is 9.06. The van der Waals surface area contributed by atoms with E-state index in [1.54, 1.807) is 0 Å². The zero-order valence-corrected chi connectivity index (χ0v) is 22.2. The van der Waals surface area contributed by atoms with E-state index < -0.39 is 5.66 Å². The van der Waals surface area contributed by atoms with Crippen molar-refractivity contribution < 1.29 is 4.79 Å². The van der Waals surface area contributed by atoms with Crippen molar-refractivity contribution >= 4 is 28.3 Å². The monoisotopic (exact) mass is 498 g/mol. The number of hydrogen-bond donors (Lipinski definition) is 1. The van der Waals surface area contributed by atoms with E-state index in [2.05, 4.69) is 98.2 Å². The first-order chi connectivity index (χ1) is 18.4. The first-order valence-electron chi connectivity index (χ1n) is 13.2. The number of amides is 1. The minimum Gasteiger partial charge on any atom is -0.350 e. The van der Waals surface area contributed by atoms with Crippen molar-refractivity contribution in [3.05, 3.63) is 112 Å². The van der Waals surface area contributed by atoms with Gasteiger partial charge in [-0.15, -0.1) is 0 Å². The lowest BCUT2D eigenvalue weighted by Crippen LogP contribution is -2.53. The standard InChI is InChI=1S/C33H30N4O/c1-20-16-23(4)30-26(17-20)33(32(38)36(30)15-14-24-10-6-5-7-11-24)35-27-13-9-8-12-25(27)31-34-28-18-21(2)22(3)19-29(28)37(31)33/h5-13,16-19,35H,14-15H2,1-4H3. The predicted octanol–water partition coefficient (Wildman–Crippen LogP) is 6.65. The van der Waals surface area contributed by atoms with E-state index >= 15 is 0 Å². The number of nitrogens with zero attached hydrogens (tertiary/aromatic N) is 3. The van der Waals surface area contributed by atoms with Crippen LogP contribution in [-0.2, 0) is 16.9 Å². The van der Waals surface area contributed by atoms with E-state index in [1.807, 2.05) is 23.1 Å². The summed E-state index contributed by atoms with van der Waals surface area (Å²) in [5.74, 6) is 0.855. The van der Waals surface area contributed by atoms with Gasteiger partial charge in [-0.3, -0.25) is 9.36 Å². The van der Waals surface area contributed by atoms with Crippen LogP contribution in [0.4, 0.5) is 11.4 Å². The van der Waals surface area contributed by atoms with Crippen molar-refractivity contribution in [3.63, 3.8) is 0 Å². The third-order valence-corrected chi connectivity index (χ3v) is 8.22. The van der Waals surface area contributed by atoms with Gasteiger partial charge in [0.1, 0.15) is 5.82 Å². The maximum Gasteiger partial charge on any atom is 0.279 e. The number of imidazole rings is 1. The van der Waals surface area contributed by atoms with Crippen LogP contribution in [0.3, 0.4) is 0 Å². The van der Waals surface area contributed by atoms with E-state index in [1.165, 1.54) is 16.7 Å². The lowest BCUT2D eigenvalue weighted by atomic mass is 9.92.